The molecule has 0 atom stereocenters. The molecule has 0 aliphatic heterocycles. The fourth-order valence-corrected chi connectivity index (χ4v) is 3.51. The molecule has 0 saturated heterocycles. The van der Waals surface area contributed by atoms with Gasteiger partial charge in [0.25, 0.3) is 0 Å². The van der Waals surface area contributed by atoms with E-state index in [1.807, 2.05) is 0 Å². The summed E-state index contributed by atoms with van der Waals surface area (Å²) in [5.41, 5.74) is 1.98. The van der Waals surface area contributed by atoms with E-state index < -0.39 is 10.0 Å². The van der Waals surface area contributed by atoms with Crippen LogP contribution in [0.4, 0.5) is 5.69 Å². The first kappa shape index (κ1) is 21.3. The summed E-state index contributed by atoms with van der Waals surface area (Å²) in [5, 5.41) is 5.36. The van der Waals surface area contributed by atoms with Crippen molar-refractivity contribution in [3.8, 4) is 0 Å². The van der Waals surface area contributed by atoms with Gasteiger partial charge in [0.1, 0.15) is 0 Å². The maximum atomic E-state index is 12.4. The number of benzene rings is 2. The third-order valence-electron chi connectivity index (χ3n) is 3.84. The lowest BCUT2D eigenvalue weighted by atomic mass is 10.2. The van der Waals surface area contributed by atoms with E-state index in [2.05, 4.69) is 10.6 Å². The van der Waals surface area contributed by atoms with Gasteiger partial charge in [-0.2, -0.15) is 0 Å². The standard InChI is InChI=1S/C20H23N3O4S/c1-15(24)22-18-11-8-16(9-12-18)10-13-20(25)21-14-17-6-4-5-7-19(17)28(26,27)23(2)3/h4-13H,14H2,1-3H3,(H,21,25)(H,22,24)/b13-10+. The van der Waals surface area contributed by atoms with Crippen LogP contribution in [0.1, 0.15) is 18.1 Å². The molecule has 148 valence electrons. The Morgan fingerprint density at radius 2 is 1.68 bits per heavy atom. The number of carbonyl (C=O) groups is 2. The van der Waals surface area contributed by atoms with Crippen molar-refractivity contribution >= 4 is 33.6 Å². The topological polar surface area (TPSA) is 95.6 Å². The van der Waals surface area contributed by atoms with Crippen LogP contribution in [-0.2, 0) is 26.2 Å². The molecule has 0 bridgehead atoms. The minimum absolute atomic E-state index is 0.0912. The number of carbonyl (C=O) groups excluding carboxylic acids is 2. The molecule has 0 saturated carbocycles. The van der Waals surface area contributed by atoms with Gasteiger partial charge in [-0.25, -0.2) is 12.7 Å². The number of hydrogen-bond acceptors (Lipinski definition) is 4. The molecular formula is C20H23N3O4S. The lowest BCUT2D eigenvalue weighted by Gasteiger charge is -2.15. The number of nitrogens with one attached hydrogen (secondary N) is 2. The first-order valence-electron chi connectivity index (χ1n) is 8.54. The Kier molecular flexibility index (Phi) is 7.08. The predicted octanol–water partition coefficient (Wildman–Crippen LogP) is 2.22. The van der Waals surface area contributed by atoms with Gasteiger partial charge in [-0.3, -0.25) is 9.59 Å². The molecule has 0 fully saturated rings. The smallest absolute Gasteiger partial charge is 0.244 e. The van der Waals surface area contributed by atoms with Crippen molar-refractivity contribution in [1.29, 1.82) is 0 Å². The maximum absolute atomic E-state index is 12.4. The molecule has 8 heteroatoms. The normalized spacial score (nSPS) is 11.6. The monoisotopic (exact) mass is 401 g/mol. The van der Waals surface area contributed by atoms with Crippen molar-refractivity contribution in [2.45, 2.75) is 18.4 Å². The van der Waals surface area contributed by atoms with Gasteiger partial charge >= 0.3 is 0 Å². The summed E-state index contributed by atoms with van der Waals surface area (Å²) in [6.45, 7) is 1.52. The van der Waals surface area contributed by atoms with E-state index in [9.17, 15) is 18.0 Å². The van der Waals surface area contributed by atoms with Crippen molar-refractivity contribution in [3.63, 3.8) is 0 Å². The molecule has 28 heavy (non-hydrogen) atoms. The molecule has 0 spiro atoms. The highest BCUT2D eigenvalue weighted by Crippen LogP contribution is 2.18. The van der Waals surface area contributed by atoms with Crippen LogP contribution in [0.5, 0.6) is 0 Å². The van der Waals surface area contributed by atoms with E-state index in [-0.39, 0.29) is 23.3 Å². The van der Waals surface area contributed by atoms with Crippen molar-refractivity contribution in [2.24, 2.45) is 0 Å². The minimum Gasteiger partial charge on any atom is -0.348 e. The fourth-order valence-electron chi connectivity index (χ4n) is 2.39. The predicted molar refractivity (Wildman–Crippen MR) is 109 cm³/mol. The molecule has 0 aromatic heterocycles. The molecule has 2 amide bonds. The van der Waals surface area contributed by atoms with Crippen LogP contribution in [0.3, 0.4) is 0 Å². The van der Waals surface area contributed by atoms with Gasteiger partial charge in [-0.05, 0) is 35.4 Å². The average molecular weight is 401 g/mol. The third kappa shape index (κ3) is 5.77. The lowest BCUT2D eigenvalue weighted by Crippen LogP contribution is -2.26. The van der Waals surface area contributed by atoms with Crippen molar-refractivity contribution in [3.05, 3.63) is 65.7 Å². The minimum atomic E-state index is -3.59. The number of anilines is 1. The summed E-state index contributed by atoms with van der Waals surface area (Å²) in [7, 11) is -0.664. The Bertz CT molecular complexity index is 981. The Morgan fingerprint density at radius 1 is 1.04 bits per heavy atom. The fraction of sp³-hybridized carbons (Fsp3) is 0.200. The lowest BCUT2D eigenvalue weighted by molar-refractivity contribution is -0.116. The molecule has 7 nitrogen and oxygen atoms in total. The van der Waals surface area contributed by atoms with Crippen LogP contribution in [0, 0.1) is 0 Å². The van der Waals surface area contributed by atoms with Gasteiger partial charge in [-0.15, -0.1) is 0 Å². The Morgan fingerprint density at radius 3 is 2.29 bits per heavy atom. The van der Waals surface area contributed by atoms with Crippen molar-refractivity contribution in [2.75, 3.05) is 19.4 Å². The van der Waals surface area contributed by atoms with E-state index in [4.69, 9.17) is 0 Å². The summed E-state index contributed by atoms with van der Waals surface area (Å²) in [4.78, 5) is 23.3. The molecule has 2 N–H and O–H groups in total. The Hall–Kier alpha value is -2.97. The first-order chi connectivity index (χ1) is 13.2. The molecule has 0 radical (unpaired) electrons. The quantitative estimate of drug-likeness (QED) is 0.696. The van der Waals surface area contributed by atoms with Gasteiger partial charge in [0.15, 0.2) is 0 Å². The third-order valence-corrected chi connectivity index (χ3v) is 5.76. The first-order valence-corrected chi connectivity index (χ1v) is 9.98. The Balaban J connectivity index is 2.02. The molecule has 2 aromatic carbocycles. The second-order valence-electron chi connectivity index (χ2n) is 6.25. The maximum Gasteiger partial charge on any atom is 0.244 e. The van der Waals surface area contributed by atoms with Crippen LogP contribution in [0.2, 0.25) is 0 Å². The molecule has 0 aliphatic rings. The van der Waals surface area contributed by atoms with Crippen LogP contribution in [0.25, 0.3) is 6.08 Å². The summed E-state index contributed by atoms with van der Waals surface area (Å²) in [5.74, 6) is -0.498. The number of nitrogens with zero attached hydrogens (tertiary/aromatic N) is 1. The second-order valence-corrected chi connectivity index (χ2v) is 8.37. The Labute approximate surface area is 165 Å². The highest BCUT2D eigenvalue weighted by molar-refractivity contribution is 7.89. The summed E-state index contributed by atoms with van der Waals surface area (Å²) >= 11 is 0. The molecule has 0 unspecified atom stereocenters. The molecular weight excluding hydrogens is 378 g/mol. The number of sulfonamides is 1. The molecule has 0 aliphatic carbocycles. The van der Waals surface area contributed by atoms with Crippen LogP contribution >= 0.6 is 0 Å². The van der Waals surface area contributed by atoms with Gasteiger partial charge in [-0.1, -0.05) is 30.3 Å². The van der Waals surface area contributed by atoms with E-state index in [1.165, 1.54) is 33.2 Å². The highest BCUT2D eigenvalue weighted by Gasteiger charge is 2.20. The average Bonchev–Trinajstić information content (AvgIpc) is 2.65. The zero-order valence-electron chi connectivity index (χ0n) is 16.0. The molecule has 2 aromatic rings. The summed E-state index contributed by atoms with van der Waals surface area (Å²) < 4.78 is 25.9. The van der Waals surface area contributed by atoms with E-state index in [0.29, 0.717) is 11.3 Å². The van der Waals surface area contributed by atoms with E-state index >= 15 is 0 Å². The van der Waals surface area contributed by atoms with Crippen LogP contribution < -0.4 is 10.6 Å². The molecule has 2 rings (SSSR count). The number of hydrogen-bond donors (Lipinski definition) is 2. The number of rotatable bonds is 7. The van der Waals surface area contributed by atoms with Crippen molar-refractivity contribution < 1.29 is 18.0 Å². The van der Waals surface area contributed by atoms with Gasteiger partial charge in [0.2, 0.25) is 21.8 Å². The van der Waals surface area contributed by atoms with E-state index in [0.717, 1.165) is 9.87 Å². The molecule has 0 heterocycles. The number of amides is 2. The highest BCUT2D eigenvalue weighted by atomic mass is 32.2. The zero-order chi connectivity index (χ0) is 20.7. The van der Waals surface area contributed by atoms with Crippen LogP contribution in [-0.4, -0.2) is 38.6 Å². The van der Waals surface area contributed by atoms with Gasteiger partial charge in [0, 0.05) is 39.3 Å². The van der Waals surface area contributed by atoms with Gasteiger partial charge in [0.05, 0.1) is 4.90 Å². The summed E-state index contributed by atoms with van der Waals surface area (Å²) in [6.07, 6.45) is 3.01. The van der Waals surface area contributed by atoms with Crippen LogP contribution in [0.15, 0.2) is 59.5 Å². The largest absolute Gasteiger partial charge is 0.348 e. The second kappa shape index (κ2) is 9.29. The van der Waals surface area contributed by atoms with Gasteiger partial charge < -0.3 is 10.6 Å². The zero-order valence-corrected chi connectivity index (χ0v) is 16.8. The SMILES string of the molecule is CC(=O)Nc1ccc(/C=C/C(=O)NCc2ccccc2S(=O)(=O)N(C)C)cc1. The summed E-state index contributed by atoms with van der Waals surface area (Å²) in [6, 6.07) is 13.6. The van der Waals surface area contributed by atoms with Crippen molar-refractivity contribution in [1.82, 2.24) is 9.62 Å². The van der Waals surface area contributed by atoms with E-state index in [1.54, 1.807) is 48.5 Å².